The number of amides is 3. The molecule has 0 aliphatic heterocycles. The number of thiol groups is 2. The average Bonchev–Trinajstić information content (AvgIpc) is 2.77. The SMILES string of the molecule is CCC(C)(CC(C)(SCCC(=O)NCCS)C(=O)[SH](#P)NNC(=O)OC(C)(C)C)C(=O)NCC(C)O. The van der Waals surface area contributed by atoms with Crippen LogP contribution in [0.4, 0.5) is 4.79 Å². The summed E-state index contributed by atoms with van der Waals surface area (Å²) in [5, 5.41) is 14.7. The summed E-state index contributed by atoms with van der Waals surface area (Å²) < 4.78 is 4.07. The van der Waals surface area contributed by atoms with Crippen LogP contribution in [0.25, 0.3) is 0 Å². The fraction of sp³-hybridized carbons (Fsp3) is 0.818. The molecule has 36 heavy (non-hydrogen) atoms. The van der Waals surface area contributed by atoms with E-state index in [-0.39, 0.29) is 36.3 Å². The summed E-state index contributed by atoms with van der Waals surface area (Å²) in [4.78, 5) is 53.3. The van der Waals surface area contributed by atoms with Gasteiger partial charge in [-0.1, -0.05) is 0 Å². The number of hydrogen-bond acceptors (Lipinski definition) is 9. The molecular formula is C22H43N4O6PS3. The minimum absolute atomic E-state index is 0.0954. The average molecular weight is 587 g/mol. The van der Waals surface area contributed by atoms with E-state index in [2.05, 4.69) is 41.3 Å². The maximum atomic E-state index is 13.6. The van der Waals surface area contributed by atoms with E-state index in [0.717, 1.165) is 0 Å². The van der Waals surface area contributed by atoms with Crippen molar-refractivity contribution in [2.24, 2.45) is 5.41 Å². The van der Waals surface area contributed by atoms with Gasteiger partial charge >= 0.3 is 229 Å². The molecule has 0 bridgehead atoms. The number of nitrogens with one attached hydrogen (secondary N) is 4. The molecule has 14 heteroatoms. The van der Waals surface area contributed by atoms with E-state index in [0.29, 0.717) is 24.5 Å². The Labute approximate surface area is 228 Å². The number of aliphatic hydroxyl groups excluding tert-OH is 1. The van der Waals surface area contributed by atoms with Gasteiger partial charge in [-0.2, -0.15) is 0 Å². The van der Waals surface area contributed by atoms with Gasteiger partial charge in [-0.15, -0.1) is 0 Å². The third kappa shape index (κ3) is 13.7. The standard InChI is InChI=1S/C22H43N4O6PS3/c1-8-21(6,17(29)24-13-15(2)27)14-22(7,35-12-9-16(28)23-10-11-34)18(30)36(33)26-25-19(31)32-20(3,4)5/h15,26-27,34,36H,8-14H2,1-7H3,(H,23,28)(H,24,29)(H,25,31). The van der Waals surface area contributed by atoms with Gasteiger partial charge in [0.25, 0.3) is 0 Å². The van der Waals surface area contributed by atoms with E-state index < -0.39 is 38.0 Å². The topological polar surface area (TPSA) is 146 Å². The Bertz CT molecular complexity index is 846. The van der Waals surface area contributed by atoms with Crippen molar-refractivity contribution in [3.63, 3.8) is 0 Å². The number of thioether (sulfide) groups is 1. The second-order valence-corrected chi connectivity index (χ2v) is 14.4. The van der Waals surface area contributed by atoms with Crippen LogP contribution in [0.5, 0.6) is 0 Å². The molecule has 0 aromatic heterocycles. The first kappa shape index (κ1) is 35.3. The second-order valence-electron chi connectivity index (χ2n) is 9.91. The van der Waals surface area contributed by atoms with E-state index in [1.807, 2.05) is 6.92 Å². The Morgan fingerprint density at radius 2 is 1.75 bits per heavy atom. The van der Waals surface area contributed by atoms with Crippen LogP contribution in [0, 0.1) is 5.41 Å². The summed E-state index contributed by atoms with van der Waals surface area (Å²) in [6.45, 7) is 12.6. The summed E-state index contributed by atoms with van der Waals surface area (Å²) in [6, 6.07) is 0. The summed E-state index contributed by atoms with van der Waals surface area (Å²) in [5.41, 5.74) is 0.714. The van der Waals surface area contributed by atoms with Crippen molar-refractivity contribution in [2.75, 3.05) is 24.6 Å². The number of ether oxygens (including phenoxy) is 1. The van der Waals surface area contributed by atoms with Crippen LogP contribution in [-0.4, -0.2) is 69.2 Å². The Hall–Kier alpha value is -0.720. The third-order valence-electron chi connectivity index (χ3n) is 5.11. The number of aliphatic hydroxyl groups is 1. The first-order valence-electron chi connectivity index (χ1n) is 11.8. The van der Waals surface area contributed by atoms with Gasteiger partial charge in [-0.25, -0.2) is 0 Å². The Morgan fingerprint density at radius 1 is 1.14 bits per heavy atom. The zero-order valence-corrected chi connectivity index (χ0v) is 25.8. The van der Waals surface area contributed by atoms with Gasteiger partial charge in [0.1, 0.15) is 0 Å². The number of carbonyl (C=O) groups is 4. The molecule has 0 spiro atoms. The minimum atomic E-state index is -1.85. The van der Waals surface area contributed by atoms with Crippen LogP contribution in [-0.2, 0) is 19.1 Å². The molecule has 0 saturated heterocycles. The monoisotopic (exact) mass is 586 g/mol. The fourth-order valence-electron chi connectivity index (χ4n) is 3.08. The predicted octanol–water partition coefficient (Wildman–Crippen LogP) is 3.02. The van der Waals surface area contributed by atoms with Crippen molar-refractivity contribution in [1.29, 1.82) is 0 Å². The maximum absolute atomic E-state index is 13.6. The fourth-order valence-corrected chi connectivity index (χ4v) is 6.78. The van der Waals surface area contributed by atoms with Crippen LogP contribution < -0.4 is 20.9 Å². The van der Waals surface area contributed by atoms with Gasteiger partial charge in [-0.05, 0) is 0 Å². The van der Waals surface area contributed by atoms with Crippen LogP contribution in [0.1, 0.15) is 67.7 Å². The molecule has 0 heterocycles. The van der Waals surface area contributed by atoms with Crippen LogP contribution in [0.3, 0.4) is 0 Å². The van der Waals surface area contributed by atoms with E-state index in [9.17, 15) is 24.3 Å². The quantitative estimate of drug-likeness (QED) is 0.0935. The molecule has 3 amide bonds. The number of hydrogen-bond donors (Lipinski definition) is 7. The Morgan fingerprint density at radius 3 is 2.25 bits per heavy atom. The molecule has 0 aromatic rings. The van der Waals surface area contributed by atoms with E-state index in [1.54, 1.807) is 41.5 Å². The van der Waals surface area contributed by atoms with Crippen molar-refractivity contribution in [2.45, 2.75) is 84.2 Å². The Balaban J connectivity index is 5.66. The van der Waals surface area contributed by atoms with Gasteiger partial charge < -0.3 is 0 Å². The zero-order valence-electron chi connectivity index (χ0n) is 22.3. The molecule has 4 unspecified atom stereocenters. The van der Waals surface area contributed by atoms with Gasteiger partial charge in [0.2, 0.25) is 0 Å². The summed E-state index contributed by atoms with van der Waals surface area (Å²) in [6.07, 6.45) is -0.660. The molecule has 0 radical (unpaired) electrons. The molecule has 0 aliphatic rings. The molecule has 0 rings (SSSR count). The normalized spacial score (nSPS) is 16.6. The second kappa shape index (κ2) is 16.3. The van der Waals surface area contributed by atoms with E-state index in [1.165, 1.54) is 11.8 Å². The first-order valence-corrected chi connectivity index (χ1v) is 15.9. The van der Waals surface area contributed by atoms with Gasteiger partial charge in [0.15, 0.2) is 0 Å². The summed E-state index contributed by atoms with van der Waals surface area (Å²) in [5.74, 6) is 0.426. The van der Waals surface area contributed by atoms with Crippen LogP contribution in [0.2, 0.25) is 0 Å². The molecule has 0 aliphatic carbocycles. The van der Waals surface area contributed by atoms with Crippen molar-refractivity contribution in [3.8, 4) is 0 Å². The number of carbonyl (C=O) groups excluding carboxylic acids is 4. The summed E-state index contributed by atoms with van der Waals surface area (Å²) in [7, 11) is 2.56. The van der Waals surface area contributed by atoms with Gasteiger partial charge in [0.05, 0.1) is 0 Å². The van der Waals surface area contributed by atoms with Crippen molar-refractivity contribution in [1.82, 2.24) is 20.9 Å². The molecule has 0 aromatic carbocycles. The van der Waals surface area contributed by atoms with E-state index >= 15 is 0 Å². The Kier molecular flexibility index (Phi) is 16.0. The molecule has 10 nitrogen and oxygen atoms in total. The van der Waals surface area contributed by atoms with Crippen molar-refractivity contribution < 1.29 is 29.0 Å². The molecule has 5 N–H and O–H groups in total. The number of rotatable bonds is 14. The number of hydrazine groups is 1. The van der Waals surface area contributed by atoms with Crippen molar-refractivity contribution >= 4 is 65.3 Å². The predicted molar refractivity (Wildman–Crippen MR) is 153 cm³/mol. The van der Waals surface area contributed by atoms with Gasteiger partial charge in [0, 0.05) is 0 Å². The van der Waals surface area contributed by atoms with Crippen LogP contribution in [0.15, 0.2) is 0 Å². The zero-order chi connectivity index (χ0) is 28.2. The molecule has 4 atom stereocenters. The summed E-state index contributed by atoms with van der Waals surface area (Å²) >= 11 is 5.35. The van der Waals surface area contributed by atoms with E-state index in [4.69, 9.17) is 4.74 Å². The molecule has 210 valence electrons. The van der Waals surface area contributed by atoms with Crippen LogP contribution >= 0.6 is 42.3 Å². The van der Waals surface area contributed by atoms with Gasteiger partial charge in [-0.3, -0.25) is 0 Å². The molecule has 0 saturated carbocycles. The van der Waals surface area contributed by atoms with Crippen molar-refractivity contribution in [3.05, 3.63) is 0 Å². The first-order chi connectivity index (χ1) is 16.5. The molecule has 0 fully saturated rings. The third-order valence-corrected chi connectivity index (χ3v) is 8.90. The molecular weight excluding hydrogens is 543 g/mol.